The van der Waals surface area contributed by atoms with Crippen molar-refractivity contribution in [3.63, 3.8) is 0 Å². The minimum atomic E-state index is -1.14. The summed E-state index contributed by atoms with van der Waals surface area (Å²) in [5.74, 6) is 0.579. The number of anilines is 3. The molecule has 1 amide bonds. The summed E-state index contributed by atoms with van der Waals surface area (Å²) in [5, 5.41) is 18.2. The van der Waals surface area contributed by atoms with Gasteiger partial charge in [-0.05, 0) is 72.4 Å². The predicted octanol–water partition coefficient (Wildman–Crippen LogP) is 5.18. The SMILES string of the molecule is CCOC(=O)[C@H]1CC[C@@](O)(c2ncc(-c3cc(Nc4nccc(OC(C)C)n4)cc4c3OC(C)(C)C(=O)N4)s2)CC1. The van der Waals surface area contributed by atoms with Crippen LogP contribution in [0.5, 0.6) is 11.6 Å². The highest BCUT2D eigenvalue weighted by atomic mass is 32.1. The maximum absolute atomic E-state index is 12.7. The summed E-state index contributed by atoms with van der Waals surface area (Å²) in [5.41, 5.74) is -0.416. The monoisotopic (exact) mass is 581 g/mol. The van der Waals surface area contributed by atoms with Crippen LogP contribution in [0.2, 0.25) is 0 Å². The van der Waals surface area contributed by atoms with E-state index in [0.29, 0.717) is 71.8 Å². The van der Waals surface area contributed by atoms with Crippen LogP contribution in [-0.4, -0.2) is 50.2 Å². The number of amides is 1. The maximum atomic E-state index is 12.7. The Morgan fingerprint density at radius 3 is 2.73 bits per heavy atom. The number of nitrogens with zero attached hydrogens (tertiary/aromatic N) is 3. The molecule has 0 radical (unpaired) electrons. The third-order valence-electron chi connectivity index (χ3n) is 7.09. The normalized spacial score (nSPS) is 21.4. The molecule has 41 heavy (non-hydrogen) atoms. The molecule has 12 heteroatoms. The van der Waals surface area contributed by atoms with E-state index in [-0.39, 0.29) is 23.9 Å². The quantitative estimate of drug-likeness (QED) is 0.304. The van der Waals surface area contributed by atoms with E-state index in [9.17, 15) is 14.7 Å². The van der Waals surface area contributed by atoms with Gasteiger partial charge in [-0.25, -0.2) is 9.97 Å². The van der Waals surface area contributed by atoms with Crippen molar-refractivity contribution in [3.8, 4) is 22.1 Å². The molecule has 2 aliphatic rings. The van der Waals surface area contributed by atoms with Crippen LogP contribution in [0.1, 0.15) is 65.3 Å². The highest BCUT2D eigenvalue weighted by molar-refractivity contribution is 7.15. The van der Waals surface area contributed by atoms with Gasteiger partial charge in [-0.2, -0.15) is 4.98 Å². The lowest BCUT2D eigenvalue weighted by Gasteiger charge is -2.33. The second-order valence-corrected chi connectivity index (χ2v) is 12.1. The molecule has 1 saturated carbocycles. The Labute approximate surface area is 242 Å². The fraction of sp³-hybridized carbons (Fsp3) is 0.483. The van der Waals surface area contributed by atoms with Crippen molar-refractivity contribution < 1.29 is 28.9 Å². The minimum Gasteiger partial charge on any atom is -0.475 e. The molecule has 1 aromatic carbocycles. The topological polar surface area (TPSA) is 145 Å². The van der Waals surface area contributed by atoms with E-state index in [4.69, 9.17) is 14.2 Å². The number of rotatable bonds is 8. The Hall–Kier alpha value is -3.77. The highest BCUT2D eigenvalue weighted by Gasteiger charge is 2.41. The Morgan fingerprint density at radius 2 is 2.02 bits per heavy atom. The van der Waals surface area contributed by atoms with Crippen LogP contribution in [0, 0.1) is 5.92 Å². The van der Waals surface area contributed by atoms with Crippen molar-refractivity contribution >= 4 is 40.5 Å². The van der Waals surface area contributed by atoms with Crippen LogP contribution >= 0.6 is 11.3 Å². The number of carbonyl (C=O) groups excluding carboxylic acids is 2. The molecule has 3 N–H and O–H groups in total. The first kappa shape index (κ1) is 28.7. The van der Waals surface area contributed by atoms with Gasteiger partial charge in [-0.15, -0.1) is 11.3 Å². The zero-order chi connectivity index (χ0) is 29.4. The molecule has 0 bridgehead atoms. The van der Waals surface area contributed by atoms with Gasteiger partial charge in [0, 0.05) is 29.7 Å². The summed E-state index contributed by atoms with van der Waals surface area (Å²) in [6.45, 7) is 9.38. The lowest BCUT2D eigenvalue weighted by Crippen LogP contribution is -2.45. The number of thiazole rings is 1. The average molecular weight is 582 g/mol. The van der Waals surface area contributed by atoms with Gasteiger partial charge in [-0.3, -0.25) is 9.59 Å². The molecule has 2 aromatic heterocycles. The van der Waals surface area contributed by atoms with Crippen molar-refractivity contribution in [2.24, 2.45) is 5.92 Å². The molecule has 1 aliphatic heterocycles. The molecular weight excluding hydrogens is 546 g/mol. The van der Waals surface area contributed by atoms with Crippen LogP contribution in [-0.2, 0) is 19.9 Å². The number of carbonyl (C=O) groups is 2. The third kappa shape index (κ3) is 6.13. The number of aliphatic hydroxyl groups is 1. The first-order chi connectivity index (χ1) is 19.5. The molecule has 1 aliphatic carbocycles. The van der Waals surface area contributed by atoms with E-state index >= 15 is 0 Å². The number of ether oxygens (including phenoxy) is 3. The fourth-order valence-electron chi connectivity index (χ4n) is 4.92. The molecule has 0 spiro atoms. The van der Waals surface area contributed by atoms with Crippen LogP contribution in [0.15, 0.2) is 30.6 Å². The zero-order valence-corrected chi connectivity index (χ0v) is 24.6. The summed E-state index contributed by atoms with van der Waals surface area (Å²) < 4.78 is 17.1. The predicted molar refractivity (Wildman–Crippen MR) is 154 cm³/mol. The highest BCUT2D eigenvalue weighted by Crippen LogP contribution is 2.48. The van der Waals surface area contributed by atoms with Crippen LogP contribution < -0.4 is 20.1 Å². The average Bonchev–Trinajstić information content (AvgIpc) is 3.41. The van der Waals surface area contributed by atoms with Gasteiger partial charge in [-0.1, -0.05) is 0 Å². The molecule has 0 atom stereocenters. The van der Waals surface area contributed by atoms with Crippen molar-refractivity contribution in [2.45, 2.75) is 77.6 Å². The molecule has 0 unspecified atom stereocenters. The van der Waals surface area contributed by atoms with E-state index in [1.807, 2.05) is 19.9 Å². The Bertz CT molecular complexity index is 1450. The summed E-state index contributed by atoms with van der Waals surface area (Å²) >= 11 is 1.36. The van der Waals surface area contributed by atoms with E-state index in [0.717, 1.165) is 4.88 Å². The first-order valence-electron chi connectivity index (χ1n) is 13.8. The van der Waals surface area contributed by atoms with Gasteiger partial charge in [0.1, 0.15) is 10.6 Å². The van der Waals surface area contributed by atoms with Crippen LogP contribution in [0.25, 0.3) is 10.4 Å². The van der Waals surface area contributed by atoms with Gasteiger partial charge in [0.15, 0.2) is 11.4 Å². The third-order valence-corrected chi connectivity index (χ3v) is 8.31. The van der Waals surface area contributed by atoms with Crippen molar-refractivity contribution in [2.75, 3.05) is 17.2 Å². The Balaban J connectivity index is 1.46. The molecular formula is C29H35N5O6S. The molecule has 0 saturated heterocycles. The number of esters is 1. The molecule has 1 fully saturated rings. The van der Waals surface area contributed by atoms with Gasteiger partial charge in [0.2, 0.25) is 11.8 Å². The van der Waals surface area contributed by atoms with Crippen molar-refractivity contribution in [1.29, 1.82) is 0 Å². The van der Waals surface area contributed by atoms with Crippen molar-refractivity contribution in [1.82, 2.24) is 15.0 Å². The van der Waals surface area contributed by atoms with Gasteiger partial charge >= 0.3 is 5.97 Å². The smallest absolute Gasteiger partial charge is 0.308 e. The number of aromatic nitrogens is 3. The summed E-state index contributed by atoms with van der Waals surface area (Å²) in [4.78, 5) is 39.0. The fourth-order valence-corrected chi connectivity index (χ4v) is 5.99. The molecule has 3 aromatic rings. The lowest BCUT2D eigenvalue weighted by atomic mass is 9.79. The minimum absolute atomic E-state index is 0.0423. The van der Waals surface area contributed by atoms with E-state index in [1.54, 1.807) is 45.3 Å². The molecule has 3 heterocycles. The van der Waals surface area contributed by atoms with Gasteiger partial charge in [0.25, 0.3) is 5.91 Å². The number of hydrogen-bond acceptors (Lipinski definition) is 11. The summed E-state index contributed by atoms with van der Waals surface area (Å²) in [6, 6.07) is 5.32. The molecule has 11 nitrogen and oxygen atoms in total. The number of nitrogens with one attached hydrogen (secondary N) is 2. The Kier molecular flexibility index (Phi) is 7.89. The standard InChI is InChI=1S/C29H35N5O6S/c1-6-38-24(35)17-7-10-29(37,11-8-17)26-31-15-21(41-26)19-13-18(14-20-23(19)40-28(4,5)25(36)33-20)32-27-30-12-9-22(34-27)39-16(2)3/h9,12-17,37H,6-8,10-11H2,1-5H3,(H,33,36)(H,30,32,34)/t17-,29-. The largest absolute Gasteiger partial charge is 0.475 e. The van der Waals surface area contributed by atoms with Gasteiger partial charge < -0.3 is 30.0 Å². The van der Waals surface area contributed by atoms with E-state index in [1.165, 1.54) is 11.3 Å². The molecule has 5 rings (SSSR count). The van der Waals surface area contributed by atoms with Crippen LogP contribution in [0.3, 0.4) is 0 Å². The number of hydrogen-bond donors (Lipinski definition) is 3. The first-order valence-corrected chi connectivity index (χ1v) is 14.6. The van der Waals surface area contributed by atoms with Crippen LogP contribution in [0.4, 0.5) is 17.3 Å². The number of benzene rings is 1. The zero-order valence-electron chi connectivity index (χ0n) is 23.8. The Morgan fingerprint density at radius 1 is 1.27 bits per heavy atom. The van der Waals surface area contributed by atoms with E-state index < -0.39 is 11.2 Å². The lowest BCUT2D eigenvalue weighted by molar-refractivity contribution is -0.151. The van der Waals surface area contributed by atoms with E-state index in [2.05, 4.69) is 25.6 Å². The second kappa shape index (κ2) is 11.2. The molecule has 218 valence electrons. The van der Waals surface area contributed by atoms with Crippen molar-refractivity contribution in [3.05, 3.63) is 35.6 Å². The maximum Gasteiger partial charge on any atom is 0.308 e. The van der Waals surface area contributed by atoms with Gasteiger partial charge in [0.05, 0.1) is 29.2 Å². The summed E-state index contributed by atoms with van der Waals surface area (Å²) in [6.07, 6.45) is 5.15. The number of fused-ring (bicyclic) bond motifs is 1. The second-order valence-electron chi connectivity index (χ2n) is 11.1. The summed E-state index contributed by atoms with van der Waals surface area (Å²) in [7, 11) is 0.